The Bertz CT molecular complexity index is 1110. The van der Waals surface area contributed by atoms with Crippen LogP contribution in [0, 0.1) is 0 Å². The molecule has 63 heavy (non-hydrogen) atoms. The first-order valence-electron chi connectivity index (χ1n) is 27.1. The SMILES string of the molecule is CCCCC/C=C\C/C=C\CCCCCCCC(=O)OC(COC(=O)CCCCCCC/C=C\CCCCCCC)COC(=O)CCCCCCC/C=C\CCCCCCCCC. The highest BCUT2D eigenvalue weighted by atomic mass is 16.6. The third-order valence-electron chi connectivity index (χ3n) is 11.8. The van der Waals surface area contributed by atoms with Crippen LogP contribution < -0.4 is 0 Å². The molecule has 0 aromatic carbocycles. The normalized spacial score (nSPS) is 12.4. The molecule has 0 saturated heterocycles. The van der Waals surface area contributed by atoms with Gasteiger partial charge in [-0.1, -0.05) is 204 Å². The number of hydrogen-bond donors (Lipinski definition) is 0. The quantitative estimate of drug-likeness (QED) is 0.0262. The molecule has 0 radical (unpaired) electrons. The number of esters is 3. The van der Waals surface area contributed by atoms with Crippen LogP contribution in [0.25, 0.3) is 0 Å². The average molecular weight is 883 g/mol. The van der Waals surface area contributed by atoms with Gasteiger partial charge in [0.1, 0.15) is 13.2 Å². The molecule has 0 fully saturated rings. The van der Waals surface area contributed by atoms with E-state index in [-0.39, 0.29) is 31.1 Å². The van der Waals surface area contributed by atoms with Crippen LogP contribution in [0.2, 0.25) is 0 Å². The van der Waals surface area contributed by atoms with Gasteiger partial charge in [0.25, 0.3) is 0 Å². The van der Waals surface area contributed by atoms with Crippen LogP contribution in [0.4, 0.5) is 0 Å². The molecule has 1 atom stereocenters. The van der Waals surface area contributed by atoms with Gasteiger partial charge in [0.15, 0.2) is 6.10 Å². The van der Waals surface area contributed by atoms with E-state index in [4.69, 9.17) is 14.2 Å². The van der Waals surface area contributed by atoms with Gasteiger partial charge in [0.2, 0.25) is 0 Å². The van der Waals surface area contributed by atoms with E-state index in [1.165, 1.54) is 141 Å². The van der Waals surface area contributed by atoms with Crippen LogP contribution in [0.1, 0.15) is 278 Å². The Morgan fingerprint density at radius 3 is 0.921 bits per heavy atom. The lowest BCUT2D eigenvalue weighted by Crippen LogP contribution is -2.30. The van der Waals surface area contributed by atoms with Gasteiger partial charge in [-0.05, 0) is 103 Å². The second-order valence-corrected chi connectivity index (χ2v) is 18.1. The smallest absolute Gasteiger partial charge is 0.306 e. The van der Waals surface area contributed by atoms with Crippen LogP contribution in [0.15, 0.2) is 48.6 Å². The lowest BCUT2D eigenvalue weighted by molar-refractivity contribution is -0.167. The van der Waals surface area contributed by atoms with Crippen molar-refractivity contribution in [1.82, 2.24) is 0 Å². The number of unbranched alkanes of at least 4 members (excludes halogenated alkanes) is 30. The van der Waals surface area contributed by atoms with Crippen molar-refractivity contribution in [2.45, 2.75) is 284 Å². The van der Waals surface area contributed by atoms with Crippen molar-refractivity contribution >= 4 is 17.9 Å². The molecule has 0 aliphatic carbocycles. The molecule has 6 heteroatoms. The first kappa shape index (κ1) is 60.4. The molecule has 0 N–H and O–H groups in total. The Hall–Kier alpha value is -2.63. The number of hydrogen-bond acceptors (Lipinski definition) is 6. The molecule has 0 rings (SSSR count). The van der Waals surface area contributed by atoms with Gasteiger partial charge in [-0.15, -0.1) is 0 Å². The monoisotopic (exact) mass is 883 g/mol. The average Bonchev–Trinajstić information content (AvgIpc) is 3.28. The Morgan fingerprint density at radius 2 is 0.571 bits per heavy atom. The summed E-state index contributed by atoms with van der Waals surface area (Å²) in [6.07, 6.45) is 62.3. The van der Waals surface area contributed by atoms with Gasteiger partial charge in [0, 0.05) is 19.3 Å². The van der Waals surface area contributed by atoms with Crippen molar-refractivity contribution in [3.63, 3.8) is 0 Å². The summed E-state index contributed by atoms with van der Waals surface area (Å²) in [7, 11) is 0. The summed E-state index contributed by atoms with van der Waals surface area (Å²) in [6, 6.07) is 0. The molecular formula is C57H102O6. The minimum Gasteiger partial charge on any atom is -0.462 e. The van der Waals surface area contributed by atoms with Crippen molar-refractivity contribution in [3.05, 3.63) is 48.6 Å². The summed E-state index contributed by atoms with van der Waals surface area (Å²) < 4.78 is 16.8. The maximum Gasteiger partial charge on any atom is 0.306 e. The Labute approximate surface area is 390 Å². The van der Waals surface area contributed by atoms with Crippen LogP contribution in [-0.4, -0.2) is 37.2 Å². The van der Waals surface area contributed by atoms with Crippen molar-refractivity contribution < 1.29 is 28.6 Å². The molecule has 0 spiro atoms. The minimum absolute atomic E-state index is 0.0848. The van der Waals surface area contributed by atoms with Gasteiger partial charge in [0.05, 0.1) is 0 Å². The Morgan fingerprint density at radius 1 is 0.317 bits per heavy atom. The molecule has 0 aromatic rings. The predicted molar refractivity (Wildman–Crippen MR) is 270 cm³/mol. The fourth-order valence-corrected chi connectivity index (χ4v) is 7.64. The van der Waals surface area contributed by atoms with Crippen LogP contribution in [0.3, 0.4) is 0 Å². The zero-order valence-corrected chi connectivity index (χ0v) is 41.8. The Kier molecular flexibility index (Phi) is 49.8. The van der Waals surface area contributed by atoms with Crippen molar-refractivity contribution in [3.8, 4) is 0 Å². The topological polar surface area (TPSA) is 78.9 Å². The molecule has 0 heterocycles. The van der Waals surface area contributed by atoms with Crippen LogP contribution >= 0.6 is 0 Å². The van der Waals surface area contributed by atoms with E-state index in [1.54, 1.807) is 0 Å². The lowest BCUT2D eigenvalue weighted by atomic mass is 10.1. The second-order valence-electron chi connectivity index (χ2n) is 18.1. The molecule has 366 valence electrons. The predicted octanol–water partition coefficient (Wildman–Crippen LogP) is 17.9. The molecule has 0 amide bonds. The fourth-order valence-electron chi connectivity index (χ4n) is 7.64. The van der Waals surface area contributed by atoms with Gasteiger partial charge < -0.3 is 14.2 Å². The molecule has 0 saturated carbocycles. The maximum absolute atomic E-state index is 12.8. The second kappa shape index (κ2) is 52.0. The molecule has 0 bridgehead atoms. The highest BCUT2D eigenvalue weighted by Crippen LogP contribution is 2.14. The third-order valence-corrected chi connectivity index (χ3v) is 11.8. The van der Waals surface area contributed by atoms with E-state index < -0.39 is 6.10 Å². The molecule has 0 aliphatic heterocycles. The highest BCUT2D eigenvalue weighted by molar-refractivity contribution is 5.71. The number of rotatable bonds is 49. The standard InChI is InChI=1S/C57H102O6/c1-4-7-10-13-16-19-22-25-28-30-32-35-38-41-44-47-50-56(59)62-53-54(52-61-55(58)49-46-43-40-37-34-31-27-24-21-18-15-12-9-6-3)63-57(60)51-48-45-42-39-36-33-29-26-23-20-17-14-11-8-5-2/h17,20,24,26-30,54H,4-16,18-19,21-23,25,31-53H2,1-3H3/b20-17-,27-24-,29-26-,30-28-. The van der Waals surface area contributed by atoms with Crippen molar-refractivity contribution in [2.24, 2.45) is 0 Å². The lowest BCUT2D eigenvalue weighted by Gasteiger charge is -2.18. The molecule has 1 unspecified atom stereocenters. The zero-order chi connectivity index (χ0) is 45.8. The summed E-state index contributed by atoms with van der Waals surface area (Å²) >= 11 is 0. The molecular weight excluding hydrogens is 781 g/mol. The third kappa shape index (κ3) is 50.2. The molecule has 0 aliphatic rings. The van der Waals surface area contributed by atoms with Crippen LogP contribution in [-0.2, 0) is 28.6 Å². The van der Waals surface area contributed by atoms with E-state index in [1.807, 2.05) is 0 Å². The van der Waals surface area contributed by atoms with E-state index in [2.05, 4.69) is 69.4 Å². The Balaban J connectivity index is 4.41. The van der Waals surface area contributed by atoms with Gasteiger partial charge in [-0.25, -0.2) is 0 Å². The number of carbonyl (C=O) groups is 3. The molecule has 6 nitrogen and oxygen atoms in total. The van der Waals surface area contributed by atoms with E-state index in [0.717, 1.165) is 96.3 Å². The minimum atomic E-state index is -0.786. The first-order valence-corrected chi connectivity index (χ1v) is 27.1. The van der Waals surface area contributed by atoms with Crippen molar-refractivity contribution in [1.29, 1.82) is 0 Å². The molecule has 0 aromatic heterocycles. The largest absolute Gasteiger partial charge is 0.462 e. The summed E-state index contributed by atoms with van der Waals surface area (Å²) in [5.74, 6) is -0.906. The van der Waals surface area contributed by atoms with E-state index in [0.29, 0.717) is 19.3 Å². The zero-order valence-electron chi connectivity index (χ0n) is 41.8. The summed E-state index contributed by atoms with van der Waals surface area (Å²) in [5.41, 5.74) is 0. The summed E-state index contributed by atoms with van der Waals surface area (Å²) in [6.45, 7) is 6.59. The first-order chi connectivity index (χ1) is 31.0. The van der Waals surface area contributed by atoms with Gasteiger partial charge in [-0.3, -0.25) is 14.4 Å². The fraction of sp³-hybridized carbons (Fsp3) is 0.807. The summed E-state index contributed by atoms with van der Waals surface area (Å²) in [4.78, 5) is 38.0. The van der Waals surface area contributed by atoms with E-state index in [9.17, 15) is 14.4 Å². The number of carbonyl (C=O) groups excluding carboxylic acids is 3. The van der Waals surface area contributed by atoms with Gasteiger partial charge >= 0.3 is 17.9 Å². The van der Waals surface area contributed by atoms with Crippen LogP contribution in [0.5, 0.6) is 0 Å². The summed E-state index contributed by atoms with van der Waals surface area (Å²) in [5, 5.41) is 0. The van der Waals surface area contributed by atoms with E-state index >= 15 is 0 Å². The highest BCUT2D eigenvalue weighted by Gasteiger charge is 2.19. The van der Waals surface area contributed by atoms with Crippen molar-refractivity contribution in [2.75, 3.05) is 13.2 Å². The number of ether oxygens (including phenoxy) is 3. The number of allylic oxidation sites excluding steroid dienone is 8. The maximum atomic E-state index is 12.8. The van der Waals surface area contributed by atoms with Gasteiger partial charge in [-0.2, -0.15) is 0 Å².